The SMILES string of the molecule is Cc1cc(Br)c2c(c1)CCc1cc(Br)cnc1C2=C1CCN(C(=O)CC2CCN(C(N)=O)CC2)CC1. The van der Waals surface area contributed by atoms with Gasteiger partial charge in [-0.3, -0.25) is 9.78 Å². The largest absolute Gasteiger partial charge is 0.351 e. The van der Waals surface area contributed by atoms with Gasteiger partial charge in [0.1, 0.15) is 0 Å². The highest BCUT2D eigenvalue weighted by molar-refractivity contribution is 9.10. The maximum Gasteiger partial charge on any atom is 0.314 e. The molecule has 1 aromatic carbocycles. The van der Waals surface area contributed by atoms with Crippen molar-refractivity contribution in [2.24, 2.45) is 11.7 Å². The van der Waals surface area contributed by atoms with Crippen molar-refractivity contribution in [1.82, 2.24) is 14.8 Å². The third kappa shape index (κ3) is 5.25. The number of hydrogen-bond donors (Lipinski definition) is 1. The van der Waals surface area contributed by atoms with Crippen LogP contribution in [0.1, 0.15) is 60.1 Å². The normalized spacial score (nSPS) is 18.5. The van der Waals surface area contributed by atoms with Crippen LogP contribution < -0.4 is 5.73 Å². The molecule has 0 radical (unpaired) electrons. The molecule has 0 atom stereocenters. The Morgan fingerprint density at radius 3 is 2.36 bits per heavy atom. The smallest absolute Gasteiger partial charge is 0.314 e. The number of urea groups is 1. The van der Waals surface area contributed by atoms with Crippen molar-refractivity contribution >= 4 is 49.4 Å². The number of carbonyl (C=O) groups excluding carboxylic acids is 2. The molecule has 1 aliphatic carbocycles. The average molecular weight is 616 g/mol. The van der Waals surface area contributed by atoms with Crippen LogP contribution in [-0.4, -0.2) is 52.9 Å². The Morgan fingerprint density at radius 2 is 1.67 bits per heavy atom. The fourth-order valence-corrected chi connectivity index (χ4v) is 7.12. The molecule has 0 bridgehead atoms. The van der Waals surface area contributed by atoms with Crippen molar-refractivity contribution in [3.8, 4) is 0 Å². The van der Waals surface area contributed by atoms with Crippen molar-refractivity contribution in [1.29, 1.82) is 0 Å². The van der Waals surface area contributed by atoms with Gasteiger partial charge in [-0.05, 0) is 96.1 Å². The lowest BCUT2D eigenvalue weighted by Gasteiger charge is -2.34. The van der Waals surface area contributed by atoms with E-state index in [4.69, 9.17) is 10.7 Å². The Morgan fingerprint density at radius 1 is 0.972 bits per heavy atom. The topological polar surface area (TPSA) is 79.5 Å². The van der Waals surface area contributed by atoms with Crippen LogP contribution in [0.15, 0.2) is 38.9 Å². The molecule has 2 fully saturated rings. The molecule has 3 amide bonds. The first-order valence-electron chi connectivity index (χ1n) is 12.8. The standard InChI is InChI=1S/C28H32Br2N4O2/c1-17-12-20-2-3-21-15-22(29)16-32-27(21)26(25(20)23(30)13-17)19-6-10-33(11-7-19)24(35)14-18-4-8-34(9-5-18)28(31)36/h12-13,15-16,18H,2-11,14H2,1H3,(H2,31,36). The first-order chi connectivity index (χ1) is 17.3. The molecule has 2 aromatic rings. The molecule has 190 valence electrons. The molecule has 6 nitrogen and oxygen atoms in total. The Labute approximate surface area is 229 Å². The van der Waals surface area contributed by atoms with E-state index in [-0.39, 0.29) is 11.9 Å². The van der Waals surface area contributed by atoms with E-state index in [0.29, 0.717) is 25.4 Å². The summed E-state index contributed by atoms with van der Waals surface area (Å²) in [6, 6.07) is 6.36. The van der Waals surface area contributed by atoms with Crippen LogP contribution in [0.2, 0.25) is 0 Å². The Hall–Kier alpha value is -2.19. The fraction of sp³-hybridized carbons (Fsp3) is 0.464. The van der Waals surface area contributed by atoms with Gasteiger partial charge in [0, 0.05) is 58.9 Å². The van der Waals surface area contributed by atoms with Gasteiger partial charge in [-0.1, -0.05) is 27.6 Å². The molecule has 1 aromatic heterocycles. The molecule has 2 N–H and O–H groups in total. The van der Waals surface area contributed by atoms with Crippen molar-refractivity contribution in [2.75, 3.05) is 26.2 Å². The highest BCUT2D eigenvalue weighted by Gasteiger charge is 2.30. The van der Waals surface area contributed by atoms with Crippen LogP contribution in [0, 0.1) is 12.8 Å². The Kier molecular flexibility index (Phi) is 7.54. The number of primary amides is 1. The van der Waals surface area contributed by atoms with Crippen LogP contribution in [0.3, 0.4) is 0 Å². The Bertz CT molecular complexity index is 1220. The lowest BCUT2D eigenvalue weighted by molar-refractivity contribution is -0.132. The van der Waals surface area contributed by atoms with E-state index < -0.39 is 0 Å². The van der Waals surface area contributed by atoms with Gasteiger partial charge in [0.05, 0.1) is 5.69 Å². The number of aromatic nitrogens is 1. The van der Waals surface area contributed by atoms with Gasteiger partial charge in [0.25, 0.3) is 0 Å². The second-order valence-electron chi connectivity index (χ2n) is 10.3. The molecule has 0 spiro atoms. The summed E-state index contributed by atoms with van der Waals surface area (Å²) >= 11 is 7.49. The summed E-state index contributed by atoms with van der Waals surface area (Å²) in [5, 5.41) is 0. The summed E-state index contributed by atoms with van der Waals surface area (Å²) in [7, 11) is 0. The molecule has 5 rings (SSSR count). The highest BCUT2D eigenvalue weighted by atomic mass is 79.9. The molecule has 8 heteroatoms. The van der Waals surface area contributed by atoms with Crippen molar-refractivity contribution in [3.63, 3.8) is 0 Å². The number of carbonyl (C=O) groups is 2. The zero-order valence-corrected chi connectivity index (χ0v) is 23.8. The summed E-state index contributed by atoms with van der Waals surface area (Å²) in [4.78, 5) is 33.1. The average Bonchev–Trinajstić information content (AvgIpc) is 3.01. The summed E-state index contributed by atoms with van der Waals surface area (Å²) in [6.07, 6.45) is 7.81. The minimum absolute atomic E-state index is 0.233. The van der Waals surface area contributed by atoms with Gasteiger partial charge in [0.15, 0.2) is 0 Å². The number of aryl methyl sites for hydroxylation is 3. The number of pyridine rings is 1. The zero-order chi connectivity index (χ0) is 25.4. The maximum atomic E-state index is 13.1. The van der Waals surface area contributed by atoms with Crippen molar-refractivity contribution in [2.45, 2.75) is 51.9 Å². The zero-order valence-electron chi connectivity index (χ0n) is 20.7. The fourth-order valence-electron chi connectivity index (χ4n) is 5.93. The predicted molar refractivity (Wildman–Crippen MR) is 149 cm³/mol. The summed E-state index contributed by atoms with van der Waals surface area (Å²) in [6.45, 7) is 4.93. The number of rotatable bonds is 2. The van der Waals surface area contributed by atoms with Gasteiger partial charge in [-0.15, -0.1) is 0 Å². The number of benzene rings is 1. The van der Waals surface area contributed by atoms with Crippen LogP contribution in [-0.2, 0) is 17.6 Å². The van der Waals surface area contributed by atoms with Crippen LogP contribution >= 0.6 is 31.9 Å². The van der Waals surface area contributed by atoms with E-state index in [1.165, 1.54) is 33.4 Å². The van der Waals surface area contributed by atoms with Crippen molar-refractivity contribution < 1.29 is 9.59 Å². The molecule has 3 aliphatic rings. The lowest BCUT2D eigenvalue weighted by atomic mass is 9.87. The monoisotopic (exact) mass is 614 g/mol. The minimum atomic E-state index is -0.360. The van der Waals surface area contributed by atoms with Crippen LogP contribution in [0.4, 0.5) is 4.79 Å². The number of hydrogen-bond acceptors (Lipinski definition) is 3. The first kappa shape index (κ1) is 25.5. The van der Waals surface area contributed by atoms with E-state index in [0.717, 1.165) is 66.3 Å². The van der Waals surface area contributed by atoms with E-state index in [1.807, 2.05) is 11.1 Å². The van der Waals surface area contributed by atoms with Gasteiger partial charge >= 0.3 is 6.03 Å². The van der Waals surface area contributed by atoms with Crippen molar-refractivity contribution in [3.05, 3.63) is 66.9 Å². The molecule has 0 unspecified atom stereocenters. The third-order valence-electron chi connectivity index (χ3n) is 7.86. The van der Waals surface area contributed by atoms with Gasteiger partial charge in [-0.2, -0.15) is 0 Å². The second kappa shape index (κ2) is 10.7. The molecular weight excluding hydrogens is 584 g/mol. The van der Waals surface area contributed by atoms with E-state index >= 15 is 0 Å². The molecular formula is C28H32Br2N4O2. The second-order valence-corrected chi connectivity index (χ2v) is 12.0. The summed E-state index contributed by atoms with van der Waals surface area (Å²) in [5.41, 5.74) is 14.3. The summed E-state index contributed by atoms with van der Waals surface area (Å²) < 4.78 is 2.13. The third-order valence-corrected chi connectivity index (χ3v) is 8.92. The number of nitrogens with two attached hydrogens (primary N) is 1. The molecule has 2 saturated heterocycles. The molecule has 3 heterocycles. The Balaban J connectivity index is 1.37. The molecule has 2 aliphatic heterocycles. The first-order valence-corrected chi connectivity index (χ1v) is 14.4. The van der Waals surface area contributed by atoms with Crippen LogP contribution in [0.25, 0.3) is 5.57 Å². The number of nitrogens with zero attached hydrogens (tertiary/aromatic N) is 3. The minimum Gasteiger partial charge on any atom is -0.351 e. The lowest BCUT2D eigenvalue weighted by Crippen LogP contribution is -2.43. The van der Waals surface area contributed by atoms with Crippen LogP contribution in [0.5, 0.6) is 0 Å². The highest BCUT2D eigenvalue weighted by Crippen LogP contribution is 2.42. The number of likely N-dealkylation sites (tertiary alicyclic amines) is 2. The van der Waals surface area contributed by atoms with Gasteiger partial charge in [-0.25, -0.2) is 4.79 Å². The number of halogens is 2. The maximum absolute atomic E-state index is 13.1. The molecule has 0 saturated carbocycles. The summed E-state index contributed by atoms with van der Waals surface area (Å²) in [5.74, 6) is 0.562. The molecule has 36 heavy (non-hydrogen) atoms. The number of fused-ring (bicyclic) bond motifs is 2. The van der Waals surface area contributed by atoms with Gasteiger partial charge in [0.2, 0.25) is 5.91 Å². The van der Waals surface area contributed by atoms with E-state index in [2.05, 4.69) is 57.0 Å². The van der Waals surface area contributed by atoms with Gasteiger partial charge < -0.3 is 15.5 Å². The van der Waals surface area contributed by atoms with E-state index in [9.17, 15) is 9.59 Å². The number of amides is 3. The quantitative estimate of drug-likeness (QED) is 0.476. The predicted octanol–water partition coefficient (Wildman–Crippen LogP) is 5.62. The van der Waals surface area contributed by atoms with E-state index in [1.54, 1.807) is 4.90 Å². The number of piperidine rings is 2.